The molecule has 0 spiro atoms. The van der Waals surface area contributed by atoms with Crippen LogP contribution in [0.25, 0.3) is 0 Å². The first-order chi connectivity index (χ1) is 10.0. The molecule has 1 N–H and O–H groups in total. The highest BCUT2D eigenvalue weighted by Crippen LogP contribution is 2.22. The van der Waals surface area contributed by atoms with Gasteiger partial charge in [0.2, 0.25) is 10.0 Å². The third-order valence-electron chi connectivity index (χ3n) is 2.98. The van der Waals surface area contributed by atoms with Gasteiger partial charge in [0.1, 0.15) is 16.5 Å². The highest BCUT2D eigenvalue weighted by molar-refractivity contribution is 7.89. The first-order valence-electron chi connectivity index (χ1n) is 6.40. The van der Waals surface area contributed by atoms with E-state index < -0.39 is 10.0 Å². The standard InChI is InChI=1S/C15H16FNO3S/c1-20-14-4-2-3-5-15(14)21(18,19)17-11-10-12-6-8-13(16)9-7-12/h2-9,17H,10-11H2,1H3. The van der Waals surface area contributed by atoms with Gasteiger partial charge in [-0.2, -0.15) is 0 Å². The third kappa shape index (κ3) is 4.03. The Bertz CT molecular complexity index is 699. The average Bonchev–Trinajstić information content (AvgIpc) is 2.49. The van der Waals surface area contributed by atoms with Crippen LogP contribution in [0.1, 0.15) is 5.56 Å². The van der Waals surface area contributed by atoms with Crippen molar-refractivity contribution in [3.63, 3.8) is 0 Å². The number of benzene rings is 2. The summed E-state index contributed by atoms with van der Waals surface area (Å²) in [5.74, 6) is -0.0138. The van der Waals surface area contributed by atoms with Crippen LogP contribution in [0.4, 0.5) is 4.39 Å². The molecule has 0 saturated heterocycles. The minimum absolute atomic E-state index is 0.103. The Morgan fingerprint density at radius 2 is 1.76 bits per heavy atom. The van der Waals surface area contributed by atoms with Gasteiger partial charge in [0.15, 0.2) is 0 Å². The van der Waals surface area contributed by atoms with Crippen LogP contribution in [0.2, 0.25) is 0 Å². The molecule has 6 heteroatoms. The molecule has 0 bridgehead atoms. The Hall–Kier alpha value is -1.92. The summed E-state index contributed by atoms with van der Waals surface area (Å²) >= 11 is 0. The van der Waals surface area contributed by atoms with E-state index in [1.54, 1.807) is 30.3 Å². The number of rotatable bonds is 6. The van der Waals surface area contributed by atoms with Crippen molar-refractivity contribution in [3.05, 3.63) is 59.9 Å². The summed E-state index contributed by atoms with van der Waals surface area (Å²) in [6, 6.07) is 12.4. The average molecular weight is 309 g/mol. The Balaban J connectivity index is 2.03. The van der Waals surface area contributed by atoms with E-state index in [1.165, 1.54) is 25.3 Å². The summed E-state index contributed by atoms with van der Waals surface area (Å²) in [4.78, 5) is 0.103. The molecule has 0 fully saturated rings. The van der Waals surface area contributed by atoms with Crippen molar-refractivity contribution in [3.8, 4) is 5.75 Å². The number of para-hydroxylation sites is 1. The van der Waals surface area contributed by atoms with Gasteiger partial charge in [0.25, 0.3) is 0 Å². The summed E-state index contributed by atoms with van der Waals surface area (Å²) in [7, 11) is -2.21. The van der Waals surface area contributed by atoms with Gasteiger partial charge in [-0.3, -0.25) is 0 Å². The lowest BCUT2D eigenvalue weighted by Gasteiger charge is -2.10. The fourth-order valence-electron chi connectivity index (χ4n) is 1.90. The molecule has 0 amide bonds. The van der Waals surface area contributed by atoms with E-state index >= 15 is 0 Å². The lowest BCUT2D eigenvalue weighted by molar-refractivity contribution is 0.402. The molecule has 0 radical (unpaired) electrons. The second-order valence-electron chi connectivity index (χ2n) is 4.43. The van der Waals surface area contributed by atoms with Gasteiger partial charge in [0, 0.05) is 6.54 Å². The van der Waals surface area contributed by atoms with E-state index in [1.807, 2.05) is 0 Å². The van der Waals surface area contributed by atoms with Crippen LogP contribution < -0.4 is 9.46 Å². The fraction of sp³-hybridized carbons (Fsp3) is 0.200. The molecule has 112 valence electrons. The molecular weight excluding hydrogens is 293 g/mol. The van der Waals surface area contributed by atoms with E-state index in [0.29, 0.717) is 12.2 Å². The van der Waals surface area contributed by atoms with Gasteiger partial charge in [0.05, 0.1) is 7.11 Å². The summed E-state index contributed by atoms with van der Waals surface area (Å²) in [6.07, 6.45) is 0.481. The summed E-state index contributed by atoms with van der Waals surface area (Å²) in [5, 5.41) is 0. The smallest absolute Gasteiger partial charge is 0.244 e. The van der Waals surface area contributed by atoms with Gasteiger partial charge >= 0.3 is 0 Å². The molecule has 2 rings (SSSR count). The van der Waals surface area contributed by atoms with E-state index in [-0.39, 0.29) is 17.3 Å². The Morgan fingerprint density at radius 1 is 1.10 bits per heavy atom. The minimum atomic E-state index is -3.63. The molecule has 0 unspecified atom stereocenters. The van der Waals surface area contributed by atoms with Crippen LogP contribution in [-0.2, 0) is 16.4 Å². The van der Waals surface area contributed by atoms with Crippen molar-refractivity contribution in [2.45, 2.75) is 11.3 Å². The number of sulfonamides is 1. The maximum Gasteiger partial charge on any atom is 0.244 e. The Morgan fingerprint density at radius 3 is 2.43 bits per heavy atom. The summed E-state index contributed by atoms with van der Waals surface area (Å²) < 4.78 is 44.7. The summed E-state index contributed by atoms with van der Waals surface area (Å²) in [6.45, 7) is 0.228. The number of ether oxygens (including phenoxy) is 1. The molecule has 0 heterocycles. The zero-order valence-corrected chi connectivity index (χ0v) is 12.4. The van der Waals surface area contributed by atoms with Crippen LogP contribution in [0.5, 0.6) is 5.75 Å². The van der Waals surface area contributed by atoms with E-state index in [0.717, 1.165) is 5.56 Å². The van der Waals surface area contributed by atoms with Crippen LogP contribution in [0.15, 0.2) is 53.4 Å². The minimum Gasteiger partial charge on any atom is -0.495 e. The van der Waals surface area contributed by atoms with E-state index in [2.05, 4.69) is 4.72 Å². The molecule has 0 saturated carbocycles. The van der Waals surface area contributed by atoms with Crippen LogP contribution in [0.3, 0.4) is 0 Å². The second kappa shape index (κ2) is 6.69. The van der Waals surface area contributed by atoms with Gasteiger partial charge in [-0.15, -0.1) is 0 Å². The monoisotopic (exact) mass is 309 g/mol. The number of methoxy groups -OCH3 is 1. The molecule has 0 aliphatic heterocycles. The predicted octanol–water partition coefficient (Wildman–Crippen LogP) is 2.36. The van der Waals surface area contributed by atoms with E-state index in [9.17, 15) is 12.8 Å². The SMILES string of the molecule is COc1ccccc1S(=O)(=O)NCCc1ccc(F)cc1. The van der Waals surface area contributed by atoms with Crippen molar-refractivity contribution in [1.29, 1.82) is 0 Å². The van der Waals surface area contributed by atoms with Crippen LogP contribution >= 0.6 is 0 Å². The molecule has 0 aliphatic carbocycles. The van der Waals surface area contributed by atoms with Crippen LogP contribution in [-0.4, -0.2) is 22.1 Å². The van der Waals surface area contributed by atoms with Crippen molar-refractivity contribution in [1.82, 2.24) is 4.72 Å². The number of halogens is 1. The lowest BCUT2D eigenvalue weighted by Crippen LogP contribution is -2.26. The van der Waals surface area contributed by atoms with Crippen molar-refractivity contribution in [2.24, 2.45) is 0 Å². The normalized spacial score (nSPS) is 11.3. The van der Waals surface area contributed by atoms with Crippen molar-refractivity contribution >= 4 is 10.0 Å². The third-order valence-corrected chi connectivity index (χ3v) is 4.48. The molecule has 2 aromatic carbocycles. The maximum atomic E-state index is 12.8. The first-order valence-corrected chi connectivity index (χ1v) is 7.88. The van der Waals surface area contributed by atoms with Gasteiger partial charge in [-0.25, -0.2) is 17.5 Å². The first kappa shape index (κ1) is 15.5. The Labute approximate surface area is 123 Å². The maximum absolute atomic E-state index is 12.8. The quantitative estimate of drug-likeness (QED) is 0.891. The summed E-state index contributed by atoms with van der Waals surface area (Å²) in [5.41, 5.74) is 0.860. The van der Waals surface area contributed by atoms with Crippen LogP contribution in [0, 0.1) is 5.82 Å². The molecule has 0 aliphatic rings. The zero-order valence-electron chi connectivity index (χ0n) is 11.5. The van der Waals surface area contributed by atoms with Gasteiger partial charge in [-0.05, 0) is 36.2 Å². The van der Waals surface area contributed by atoms with Crippen molar-refractivity contribution in [2.75, 3.05) is 13.7 Å². The zero-order chi connectivity index (χ0) is 15.3. The topological polar surface area (TPSA) is 55.4 Å². The fourth-order valence-corrected chi connectivity index (χ4v) is 3.10. The van der Waals surface area contributed by atoms with Crippen molar-refractivity contribution < 1.29 is 17.5 Å². The molecule has 0 aromatic heterocycles. The largest absolute Gasteiger partial charge is 0.495 e. The highest BCUT2D eigenvalue weighted by Gasteiger charge is 2.18. The van der Waals surface area contributed by atoms with Gasteiger partial charge < -0.3 is 4.74 Å². The number of nitrogens with one attached hydrogen (secondary N) is 1. The Kier molecular flexibility index (Phi) is 4.93. The molecule has 4 nitrogen and oxygen atoms in total. The predicted molar refractivity (Wildman–Crippen MR) is 78.3 cm³/mol. The molecule has 2 aromatic rings. The lowest BCUT2D eigenvalue weighted by atomic mass is 10.1. The number of hydrogen-bond acceptors (Lipinski definition) is 3. The van der Waals surface area contributed by atoms with Gasteiger partial charge in [-0.1, -0.05) is 24.3 Å². The molecule has 21 heavy (non-hydrogen) atoms. The van der Waals surface area contributed by atoms with E-state index in [4.69, 9.17) is 4.74 Å². The molecule has 0 atom stereocenters. The molecular formula is C15H16FNO3S. The second-order valence-corrected chi connectivity index (χ2v) is 6.16. The highest BCUT2D eigenvalue weighted by atomic mass is 32.2. The number of hydrogen-bond donors (Lipinski definition) is 1.